The zero-order valence-corrected chi connectivity index (χ0v) is 24.9. The van der Waals surface area contributed by atoms with E-state index in [4.69, 9.17) is 10.5 Å². The van der Waals surface area contributed by atoms with Crippen molar-refractivity contribution in [2.75, 3.05) is 19.0 Å². The number of ketones is 1. The second-order valence-electron chi connectivity index (χ2n) is 13.1. The van der Waals surface area contributed by atoms with Gasteiger partial charge < -0.3 is 26.0 Å². The van der Waals surface area contributed by atoms with Gasteiger partial charge in [-0.25, -0.2) is 4.98 Å². The summed E-state index contributed by atoms with van der Waals surface area (Å²) in [6.45, 7) is 10.4. The summed E-state index contributed by atoms with van der Waals surface area (Å²) in [4.78, 5) is 70.0. The predicted octanol–water partition coefficient (Wildman–Crippen LogP) is 1.90. The first-order valence-electron chi connectivity index (χ1n) is 13.9. The number of likely N-dealkylation sites (tertiary alicyclic amines) is 1. The third kappa shape index (κ3) is 6.01. The maximum absolute atomic E-state index is 14.1. The molecule has 4 rings (SSSR count). The van der Waals surface area contributed by atoms with Crippen LogP contribution in [0.5, 0.6) is 0 Å². The van der Waals surface area contributed by atoms with Gasteiger partial charge >= 0.3 is 5.97 Å². The van der Waals surface area contributed by atoms with Gasteiger partial charge in [0.25, 0.3) is 5.91 Å². The van der Waals surface area contributed by atoms with Gasteiger partial charge in [0.15, 0.2) is 5.13 Å². The number of esters is 1. The molecular formula is C28H41N5O6S. The zero-order chi connectivity index (χ0) is 29.6. The van der Waals surface area contributed by atoms with Gasteiger partial charge in [-0.3, -0.25) is 24.0 Å². The maximum atomic E-state index is 14.1. The summed E-state index contributed by atoms with van der Waals surface area (Å²) in [5, 5.41) is 8.30. The highest BCUT2D eigenvalue weighted by molar-refractivity contribution is 7.13. The number of ether oxygens (including phenoxy) is 1. The molecule has 0 spiro atoms. The molecule has 40 heavy (non-hydrogen) atoms. The summed E-state index contributed by atoms with van der Waals surface area (Å²) >= 11 is 1.29. The van der Waals surface area contributed by atoms with Crippen molar-refractivity contribution in [3.63, 3.8) is 0 Å². The molecule has 0 bridgehead atoms. The number of nitrogens with zero attached hydrogens (tertiary/aromatic N) is 2. The number of hydrogen-bond donors (Lipinski definition) is 3. The number of thiazole rings is 1. The van der Waals surface area contributed by atoms with E-state index in [1.54, 1.807) is 10.3 Å². The molecule has 1 unspecified atom stereocenters. The van der Waals surface area contributed by atoms with Crippen LogP contribution in [0.25, 0.3) is 0 Å². The molecule has 1 aromatic rings. The van der Waals surface area contributed by atoms with Gasteiger partial charge in [-0.05, 0) is 35.0 Å². The minimum atomic E-state index is -1.07. The van der Waals surface area contributed by atoms with Gasteiger partial charge in [0.2, 0.25) is 17.6 Å². The van der Waals surface area contributed by atoms with Crippen molar-refractivity contribution in [1.29, 1.82) is 0 Å². The Morgan fingerprint density at radius 3 is 2.45 bits per heavy atom. The summed E-state index contributed by atoms with van der Waals surface area (Å²) in [7, 11) is 1.32. The Balaban J connectivity index is 1.55. The van der Waals surface area contributed by atoms with Crippen LogP contribution >= 0.6 is 11.3 Å². The second-order valence-corrected chi connectivity index (χ2v) is 13.9. The molecule has 12 heteroatoms. The summed E-state index contributed by atoms with van der Waals surface area (Å²) < 4.78 is 4.72. The molecule has 2 heterocycles. The van der Waals surface area contributed by atoms with Crippen molar-refractivity contribution >= 4 is 45.9 Å². The second kappa shape index (κ2) is 11.1. The molecule has 3 fully saturated rings. The van der Waals surface area contributed by atoms with Gasteiger partial charge in [0, 0.05) is 11.9 Å². The van der Waals surface area contributed by atoms with E-state index in [-0.39, 0.29) is 35.5 Å². The first-order valence-corrected chi connectivity index (χ1v) is 14.7. The van der Waals surface area contributed by atoms with E-state index in [9.17, 15) is 24.0 Å². The van der Waals surface area contributed by atoms with E-state index in [1.165, 1.54) is 18.4 Å². The molecule has 2 saturated carbocycles. The Labute approximate surface area is 239 Å². The van der Waals surface area contributed by atoms with Crippen LogP contribution in [0.1, 0.15) is 66.0 Å². The van der Waals surface area contributed by atoms with Gasteiger partial charge in [0.05, 0.1) is 25.3 Å². The van der Waals surface area contributed by atoms with E-state index in [2.05, 4.69) is 29.5 Å². The van der Waals surface area contributed by atoms with Crippen LogP contribution < -0.4 is 16.4 Å². The molecule has 11 nitrogen and oxygen atoms in total. The molecule has 1 saturated heterocycles. The van der Waals surface area contributed by atoms with Crippen molar-refractivity contribution < 1.29 is 28.7 Å². The number of amides is 3. The Hall–Kier alpha value is -3.02. The largest absolute Gasteiger partial charge is 0.469 e. The Kier molecular flexibility index (Phi) is 8.31. The van der Waals surface area contributed by atoms with Crippen LogP contribution in [0.3, 0.4) is 0 Å². The lowest BCUT2D eigenvalue weighted by Crippen LogP contribution is -2.58. The third-order valence-corrected chi connectivity index (χ3v) is 9.74. The lowest BCUT2D eigenvalue weighted by molar-refractivity contribution is -0.144. The molecule has 0 radical (unpaired) electrons. The monoisotopic (exact) mass is 575 g/mol. The summed E-state index contributed by atoms with van der Waals surface area (Å²) in [5.74, 6) is -2.59. The quantitative estimate of drug-likeness (QED) is 0.266. The Morgan fingerprint density at radius 1 is 1.23 bits per heavy atom. The molecule has 220 valence electrons. The van der Waals surface area contributed by atoms with Crippen molar-refractivity contribution in [2.45, 2.75) is 84.8 Å². The predicted molar refractivity (Wildman–Crippen MR) is 149 cm³/mol. The normalized spacial score (nSPS) is 24.8. The van der Waals surface area contributed by atoms with Gasteiger partial charge in [-0.1, -0.05) is 53.9 Å². The van der Waals surface area contributed by atoms with Crippen LogP contribution in [0.15, 0.2) is 5.38 Å². The molecular weight excluding hydrogens is 534 g/mol. The third-order valence-electron chi connectivity index (χ3n) is 8.92. The number of primary amides is 1. The van der Waals surface area contributed by atoms with Crippen LogP contribution in [-0.4, -0.2) is 71.1 Å². The first kappa shape index (κ1) is 30.0. The number of Topliss-reactive ketones (excluding diaryl/α,β-unsaturated/α-hetero) is 1. The van der Waals surface area contributed by atoms with E-state index in [0.717, 1.165) is 19.3 Å². The molecule has 3 aliphatic rings. The fraction of sp³-hybridized carbons (Fsp3) is 0.714. The zero-order valence-electron chi connectivity index (χ0n) is 24.1. The Morgan fingerprint density at radius 2 is 1.90 bits per heavy atom. The minimum absolute atomic E-state index is 0.0294. The average Bonchev–Trinajstić information content (AvgIpc) is 3.22. The van der Waals surface area contributed by atoms with E-state index < -0.39 is 47.1 Å². The molecule has 1 aromatic heterocycles. The number of nitrogens with two attached hydrogens (primary N) is 1. The topological polar surface area (TPSA) is 161 Å². The van der Waals surface area contributed by atoms with Gasteiger partial charge in [-0.2, -0.15) is 0 Å². The van der Waals surface area contributed by atoms with Crippen molar-refractivity contribution in [3.8, 4) is 0 Å². The average molecular weight is 576 g/mol. The number of hydrogen-bond acceptors (Lipinski definition) is 9. The minimum Gasteiger partial charge on any atom is -0.469 e. The number of nitrogens with one attached hydrogen (secondary N) is 2. The standard InChI is InChI=1S/C28H41N5O6S/c1-27(2,3)22(32-26-30-15(13-40-26)11-18(34)39-6)25(38)33-12-16-19(28(16,4)5)20(33)24(37)31-17(21(35)23(29)36)10-14-8-7-9-14/h13-14,16-17,19-20,22H,7-12H2,1-6H3,(H2,29,36)(H,30,32)(H,31,37)/t16-,17?,19-,20-,22+/m0/s1. The number of anilines is 1. The molecule has 5 atom stereocenters. The molecule has 3 amide bonds. The highest BCUT2D eigenvalue weighted by atomic mass is 32.1. The van der Waals surface area contributed by atoms with Gasteiger partial charge in [0.1, 0.15) is 12.1 Å². The van der Waals surface area contributed by atoms with Crippen molar-refractivity contribution in [3.05, 3.63) is 11.1 Å². The molecule has 4 N–H and O–H groups in total. The smallest absolute Gasteiger partial charge is 0.311 e. The number of methoxy groups -OCH3 is 1. The first-order chi connectivity index (χ1) is 18.6. The molecule has 0 aromatic carbocycles. The lowest BCUT2D eigenvalue weighted by atomic mass is 9.80. The SMILES string of the molecule is COC(=O)Cc1csc(N[C@H](C(=O)N2C[C@H]3[C@@H]([C@H]2C(=O)NC(CC2CCC2)C(=O)C(N)=O)C3(C)C)C(C)(C)C)n1. The fourth-order valence-corrected chi connectivity index (χ4v) is 6.89. The summed E-state index contributed by atoms with van der Waals surface area (Å²) in [6.07, 6.45) is 3.35. The summed E-state index contributed by atoms with van der Waals surface area (Å²) in [5.41, 5.74) is 5.18. The van der Waals surface area contributed by atoms with Crippen molar-refractivity contribution in [2.24, 2.45) is 34.3 Å². The number of fused-ring (bicyclic) bond motifs is 1. The molecule has 1 aliphatic heterocycles. The van der Waals surface area contributed by atoms with Crippen LogP contribution in [-0.2, 0) is 35.1 Å². The summed E-state index contributed by atoms with van der Waals surface area (Å²) in [6, 6.07) is -2.47. The highest BCUT2D eigenvalue weighted by Crippen LogP contribution is 2.65. The Bertz CT molecular complexity index is 1190. The number of aromatic nitrogens is 1. The number of piperidine rings is 1. The van der Waals surface area contributed by atoms with Crippen LogP contribution in [0.2, 0.25) is 0 Å². The van der Waals surface area contributed by atoms with E-state index in [1.807, 2.05) is 20.8 Å². The van der Waals surface area contributed by atoms with Crippen LogP contribution in [0, 0.1) is 28.6 Å². The highest BCUT2D eigenvalue weighted by Gasteiger charge is 2.69. The van der Waals surface area contributed by atoms with Crippen LogP contribution in [0.4, 0.5) is 5.13 Å². The lowest BCUT2D eigenvalue weighted by Gasteiger charge is -2.38. The van der Waals surface area contributed by atoms with E-state index >= 15 is 0 Å². The number of rotatable bonds is 11. The van der Waals surface area contributed by atoms with Gasteiger partial charge in [-0.15, -0.1) is 11.3 Å². The maximum Gasteiger partial charge on any atom is 0.311 e. The number of carbonyl (C=O) groups excluding carboxylic acids is 5. The van der Waals surface area contributed by atoms with Crippen molar-refractivity contribution in [1.82, 2.24) is 15.2 Å². The molecule has 2 aliphatic carbocycles. The number of carbonyl (C=O) groups is 5. The van der Waals surface area contributed by atoms with E-state index in [0.29, 0.717) is 23.8 Å². The fourth-order valence-electron chi connectivity index (χ4n) is 6.15.